The molecule has 2 fully saturated rings. The molecule has 0 saturated carbocycles. The smallest absolute Gasteiger partial charge is 0.0712 e. The molecular weight excluding hydrogens is 152 g/mol. The van der Waals surface area contributed by atoms with Gasteiger partial charge in [0.2, 0.25) is 0 Å². The van der Waals surface area contributed by atoms with Gasteiger partial charge in [-0.05, 0) is 19.4 Å². The van der Waals surface area contributed by atoms with Crippen molar-refractivity contribution in [3.63, 3.8) is 0 Å². The Morgan fingerprint density at radius 1 is 1.00 bits per heavy atom. The van der Waals surface area contributed by atoms with Gasteiger partial charge in [-0.25, -0.2) is 0 Å². The molecule has 0 amide bonds. The van der Waals surface area contributed by atoms with Gasteiger partial charge in [-0.2, -0.15) is 0 Å². The van der Waals surface area contributed by atoms with E-state index in [1.165, 1.54) is 12.8 Å². The number of piperazine rings is 1. The molecule has 0 radical (unpaired) electrons. The van der Waals surface area contributed by atoms with Crippen LogP contribution in [0.1, 0.15) is 12.8 Å². The molecular formula is C8H18N4. The summed E-state index contributed by atoms with van der Waals surface area (Å²) < 4.78 is 0. The first kappa shape index (κ1) is 8.44. The van der Waals surface area contributed by atoms with E-state index in [2.05, 4.69) is 21.3 Å². The molecule has 70 valence electrons. The second-order valence-corrected chi connectivity index (χ2v) is 3.53. The molecule has 0 aromatic heterocycles. The first-order valence-corrected chi connectivity index (χ1v) is 4.89. The average Bonchev–Trinajstić information content (AvgIpc) is 2.59. The predicted molar refractivity (Wildman–Crippen MR) is 48.8 cm³/mol. The van der Waals surface area contributed by atoms with Crippen LogP contribution in [-0.2, 0) is 0 Å². The van der Waals surface area contributed by atoms with Crippen molar-refractivity contribution in [2.24, 2.45) is 0 Å². The molecule has 2 aliphatic heterocycles. The molecule has 4 N–H and O–H groups in total. The fourth-order valence-electron chi connectivity index (χ4n) is 1.84. The Hall–Kier alpha value is -0.160. The van der Waals surface area contributed by atoms with E-state index in [0.29, 0.717) is 12.3 Å². The van der Waals surface area contributed by atoms with Gasteiger partial charge < -0.3 is 10.6 Å². The van der Waals surface area contributed by atoms with E-state index >= 15 is 0 Å². The summed E-state index contributed by atoms with van der Waals surface area (Å²) in [5.41, 5.74) is 0. The van der Waals surface area contributed by atoms with Gasteiger partial charge in [-0.1, -0.05) is 0 Å². The largest absolute Gasteiger partial charge is 0.313 e. The van der Waals surface area contributed by atoms with Gasteiger partial charge in [0.25, 0.3) is 0 Å². The lowest BCUT2D eigenvalue weighted by Crippen LogP contribution is -2.59. The quantitative estimate of drug-likeness (QED) is 0.421. The molecule has 0 aromatic rings. The lowest BCUT2D eigenvalue weighted by atomic mass is 10.3. The van der Waals surface area contributed by atoms with Crippen LogP contribution in [0, 0.1) is 0 Å². The van der Waals surface area contributed by atoms with Crippen LogP contribution >= 0.6 is 0 Å². The van der Waals surface area contributed by atoms with Gasteiger partial charge in [-0.3, -0.25) is 10.6 Å². The molecule has 2 atom stereocenters. The Labute approximate surface area is 73.5 Å². The van der Waals surface area contributed by atoms with Crippen LogP contribution in [0.3, 0.4) is 0 Å². The minimum Gasteiger partial charge on any atom is -0.313 e. The van der Waals surface area contributed by atoms with Crippen LogP contribution in [0.25, 0.3) is 0 Å². The zero-order chi connectivity index (χ0) is 8.23. The summed E-state index contributed by atoms with van der Waals surface area (Å²) in [6, 6.07) is 0. The third-order valence-corrected chi connectivity index (χ3v) is 2.50. The van der Waals surface area contributed by atoms with Crippen molar-refractivity contribution in [2.75, 3.05) is 26.2 Å². The van der Waals surface area contributed by atoms with Crippen molar-refractivity contribution < 1.29 is 0 Å². The van der Waals surface area contributed by atoms with Gasteiger partial charge in [0.15, 0.2) is 0 Å². The van der Waals surface area contributed by atoms with Crippen molar-refractivity contribution in [3.8, 4) is 0 Å². The highest BCUT2D eigenvalue weighted by Gasteiger charge is 2.18. The van der Waals surface area contributed by atoms with Gasteiger partial charge >= 0.3 is 0 Å². The van der Waals surface area contributed by atoms with Gasteiger partial charge in [0.05, 0.1) is 12.3 Å². The Balaban J connectivity index is 1.69. The van der Waals surface area contributed by atoms with E-state index in [-0.39, 0.29) is 0 Å². The third kappa shape index (κ3) is 2.17. The molecule has 2 aliphatic rings. The lowest BCUT2D eigenvalue weighted by molar-refractivity contribution is 0.314. The van der Waals surface area contributed by atoms with Gasteiger partial charge in [-0.15, -0.1) is 0 Å². The lowest BCUT2D eigenvalue weighted by Gasteiger charge is -2.28. The zero-order valence-electron chi connectivity index (χ0n) is 7.40. The molecule has 2 rings (SSSR count). The highest BCUT2D eigenvalue weighted by molar-refractivity contribution is 4.79. The number of hydrogen-bond donors (Lipinski definition) is 4. The van der Waals surface area contributed by atoms with E-state index in [1.54, 1.807) is 0 Å². The summed E-state index contributed by atoms with van der Waals surface area (Å²) in [6.45, 7) is 4.37. The summed E-state index contributed by atoms with van der Waals surface area (Å²) in [7, 11) is 0. The number of nitrogens with one attached hydrogen (secondary N) is 4. The maximum Gasteiger partial charge on any atom is 0.0712 e. The van der Waals surface area contributed by atoms with E-state index < -0.39 is 0 Å². The first-order chi connectivity index (χ1) is 5.95. The van der Waals surface area contributed by atoms with Crippen molar-refractivity contribution in [2.45, 2.75) is 25.2 Å². The van der Waals surface area contributed by atoms with Crippen LogP contribution < -0.4 is 21.3 Å². The third-order valence-electron chi connectivity index (χ3n) is 2.50. The van der Waals surface area contributed by atoms with Gasteiger partial charge in [0, 0.05) is 19.6 Å². The Morgan fingerprint density at radius 2 is 1.92 bits per heavy atom. The molecule has 4 nitrogen and oxygen atoms in total. The highest BCUT2D eigenvalue weighted by Crippen LogP contribution is 2.02. The minimum atomic E-state index is 0.453. The first-order valence-electron chi connectivity index (χ1n) is 4.89. The number of rotatable bonds is 2. The monoisotopic (exact) mass is 170 g/mol. The molecule has 2 heterocycles. The Morgan fingerprint density at radius 3 is 2.58 bits per heavy atom. The molecule has 2 saturated heterocycles. The normalized spacial score (nSPS) is 37.0. The maximum atomic E-state index is 3.53. The number of hydrogen-bond acceptors (Lipinski definition) is 4. The summed E-state index contributed by atoms with van der Waals surface area (Å²) in [6.07, 6.45) is 3.55. The molecule has 0 spiro atoms. The second kappa shape index (κ2) is 4.18. The molecule has 4 heteroatoms. The molecule has 2 unspecified atom stereocenters. The van der Waals surface area contributed by atoms with Gasteiger partial charge in [0.1, 0.15) is 0 Å². The Kier molecular flexibility index (Phi) is 2.94. The summed E-state index contributed by atoms with van der Waals surface area (Å²) in [5.74, 6) is 0. The van der Waals surface area contributed by atoms with Crippen molar-refractivity contribution in [3.05, 3.63) is 0 Å². The summed E-state index contributed by atoms with van der Waals surface area (Å²) in [4.78, 5) is 0. The van der Waals surface area contributed by atoms with Crippen molar-refractivity contribution >= 4 is 0 Å². The SMILES string of the molecule is C1CNC(NC2CNCCN2)C1. The van der Waals surface area contributed by atoms with E-state index in [4.69, 9.17) is 0 Å². The van der Waals surface area contributed by atoms with Crippen LogP contribution in [-0.4, -0.2) is 38.5 Å². The summed E-state index contributed by atoms with van der Waals surface area (Å²) in [5, 5.41) is 13.7. The standard InChI is InChI=1S/C8H18N4/c1-2-7(10-3-1)12-8-6-9-4-5-11-8/h7-12H,1-6H2. The van der Waals surface area contributed by atoms with Crippen molar-refractivity contribution in [1.29, 1.82) is 0 Å². The fraction of sp³-hybridized carbons (Fsp3) is 1.00. The van der Waals surface area contributed by atoms with Crippen LogP contribution in [0.5, 0.6) is 0 Å². The second-order valence-electron chi connectivity index (χ2n) is 3.53. The van der Waals surface area contributed by atoms with Crippen molar-refractivity contribution in [1.82, 2.24) is 21.3 Å². The molecule has 0 aliphatic carbocycles. The van der Waals surface area contributed by atoms with Crippen LogP contribution in [0.2, 0.25) is 0 Å². The van der Waals surface area contributed by atoms with Crippen LogP contribution in [0.15, 0.2) is 0 Å². The molecule has 0 bridgehead atoms. The molecule has 0 aromatic carbocycles. The van der Waals surface area contributed by atoms with E-state index in [1.807, 2.05) is 0 Å². The highest BCUT2D eigenvalue weighted by atomic mass is 15.3. The zero-order valence-corrected chi connectivity index (χ0v) is 7.40. The maximum absolute atomic E-state index is 3.53. The van der Waals surface area contributed by atoms with E-state index in [9.17, 15) is 0 Å². The van der Waals surface area contributed by atoms with Crippen LogP contribution in [0.4, 0.5) is 0 Å². The topological polar surface area (TPSA) is 48.1 Å². The molecule has 12 heavy (non-hydrogen) atoms. The summed E-state index contributed by atoms with van der Waals surface area (Å²) >= 11 is 0. The fourth-order valence-corrected chi connectivity index (χ4v) is 1.84. The predicted octanol–water partition coefficient (Wildman–Crippen LogP) is -1.20. The Bertz CT molecular complexity index is 127. The minimum absolute atomic E-state index is 0.453. The van der Waals surface area contributed by atoms with E-state index in [0.717, 1.165) is 26.2 Å². The average molecular weight is 170 g/mol.